The molecule has 0 aliphatic carbocycles. The number of quaternary nitrogens is 3. The molecule has 0 aromatic heterocycles. The Morgan fingerprint density at radius 1 is 0.676 bits per heavy atom. The SMILES string of the molecule is CC(O)C(=O)[O-].C[N+](C)(C)CCO.C[N+](C)(C)CCO.C[N+](C)(C)CCO.N[C@@H](CCC(=O)[O-])C(=O)[O-]. The Balaban J connectivity index is -0.000000117. The van der Waals surface area contributed by atoms with Crippen LogP contribution in [0, 0.1) is 0 Å². The van der Waals surface area contributed by atoms with Crippen LogP contribution in [0.1, 0.15) is 19.8 Å². The Bertz CT molecular complexity index is 531. The van der Waals surface area contributed by atoms with Gasteiger partial charge in [0.25, 0.3) is 0 Å². The van der Waals surface area contributed by atoms with Gasteiger partial charge in [-0.15, -0.1) is 0 Å². The third-order valence-corrected chi connectivity index (χ3v) is 3.62. The van der Waals surface area contributed by atoms with E-state index in [1.807, 2.05) is 0 Å². The monoisotopic (exact) mass is 546 g/mol. The van der Waals surface area contributed by atoms with Crippen molar-refractivity contribution in [2.75, 3.05) is 103 Å². The zero-order valence-corrected chi connectivity index (χ0v) is 24.5. The first-order chi connectivity index (χ1) is 16.4. The third kappa shape index (κ3) is 65.8. The molecule has 0 aromatic rings. The first-order valence-corrected chi connectivity index (χ1v) is 11.7. The number of nitrogens with two attached hydrogens (primary N) is 1. The van der Waals surface area contributed by atoms with Crippen LogP contribution in [0.15, 0.2) is 0 Å². The minimum Gasteiger partial charge on any atom is -0.550 e. The van der Waals surface area contributed by atoms with Gasteiger partial charge in [0.1, 0.15) is 19.6 Å². The Labute approximate surface area is 222 Å². The van der Waals surface area contributed by atoms with E-state index in [0.717, 1.165) is 40.0 Å². The molecule has 0 heterocycles. The van der Waals surface area contributed by atoms with Crippen LogP contribution in [0.2, 0.25) is 0 Å². The number of likely N-dealkylation sites (N-methyl/N-ethyl adjacent to an activating group) is 3. The van der Waals surface area contributed by atoms with Crippen LogP contribution in [-0.4, -0.2) is 167 Å². The summed E-state index contributed by atoms with van der Waals surface area (Å²) in [6.07, 6.45) is -1.84. The number of hydrogen-bond acceptors (Lipinski definition) is 11. The molecule has 0 saturated heterocycles. The van der Waals surface area contributed by atoms with E-state index in [4.69, 9.17) is 26.2 Å². The van der Waals surface area contributed by atoms with Crippen LogP contribution >= 0.6 is 0 Å². The van der Waals surface area contributed by atoms with Gasteiger partial charge in [-0.05, 0) is 19.8 Å². The first-order valence-electron chi connectivity index (χ1n) is 11.7. The molecule has 6 N–H and O–H groups in total. The number of carboxylic acid groups (broad SMARTS) is 3. The van der Waals surface area contributed by atoms with Gasteiger partial charge in [0.05, 0.1) is 101 Å². The molecule has 14 heteroatoms. The summed E-state index contributed by atoms with van der Waals surface area (Å²) in [5, 5.41) is 62.1. The minimum absolute atomic E-state index is 0.148. The van der Waals surface area contributed by atoms with Gasteiger partial charge in [0.2, 0.25) is 0 Å². The standard InChI is InChI=1S/C5H9NO4.3C5H14NO.C3H6O3/c6-3(5(9)10)1-2-4(7)8;3*1-6(2,3)4-5-7;1-2(4)3(5)6/h3H,1-2,6H2,(H,7,8)(H,9,10);3*7H,4-5H2,1-3H3;2,4H,1H3,(H,5,6)/q;3*+1;/p-3/t3-;;;;/m0..../s1. The van der Waals surface area contributed by atoms with Crippen molar-refractivity contribution in [1.29, 1.82) is 0 Å². The maximum absolute atomic E-state index is 9.86. The second-order valence-corrected chi connectivity index (χ2v) is 11.0. The number of aliphatic hydroxyl groups excluding tert-OH is 4. The predicted molar refractivity (Wildman–Crippen MR) is 134 cm³/mol. The summed E-state index contributed by atoms with van der Waals surface area (Å²) in [5.74, 6) is -4.19. The van der Waals surface area contributed by atoms with E-state index in [1.54, 1.807) is 0 Å². The molecule has 226 valence electrons. The van der Waals surface area contributed by atoms with Gasteiger partial charge >= 0.3 is 0 Å². The Hall–Kier alpha value is -1.91. The minimum atomic E-state index is -1.44. The maximum atomic E-state index is 9.86. The third-order valence-electron chi connectivity index (χ3n) is 3.62. The number of carbonyl (C=O) groups excluding carboxylic acids is 3. The quantitative estimate of drug-likeness (QED) is 0.153. The van der Waals surface area contributed by atoms with Crippen molar-refractivity contribution in [2.24, 2.45) is 5.73 Å². The van der Waals surface area contributed by atoms with Gasteiger partial charge in [0.15, 0.2) is 0 Å². The molecule has 0 aromatic carbocycles. The highest BCUT2D eigenvalue weighted by Gasteiger charge is 2.04. The molecule has 37 heavy (non-hydrogen) atoms. The summed E-state index contributed by atoms with van der Waals surface area (Å²) in [6, 6.07) is -1.21. The molecular weight excluding hydrogens is 492 g/mol. The lowest BCUT2D eigenvalue weighted by Crippen LogP contribution is -2.42. The highest BCUT2D eigenvalue weighted by atomic mass is 16.4. The molecule has 0 bridgehead atoms. The number of rotatable bonds is 11. The van der Waals surface area contributed by atoms with Crippen LogP contribution in [0.25, 0.3) is 0 Å². The number of nitrogens with zero attached hydrogens (tertiary/aromatic N) is 3. The lowest BCUT2D eigenvalue weighted by atomic mass is 10.2. The van der Waals surface area contributed by atoms with E-state index in [9.17, 15) is 29.7 Å². The fourth-order valence-corrected chi connectivity index (χ4v) is 1.29. The van der Waals surface area contributed by atoms with Crippen LogP contribution in [-0.2, 0) is 14.4 Å². The van der Waals surface area contributed by atoms with Crippen LogP contribution in [0.5, 0.6) is 0 Å². The van der Waals surface area contributed by atoms with Crippen molar-refractivity contribution in [3.8, 4) is 0 Å². The fourth-order valence-electron chi connectivity index (χ4n) is 1.29. The topological polar surface area (TPSA) is 227 Å². The molecule has 0 radical (unpaired) electrons. The second kappa shape index (κ2) is 24.4. The molecule has 0 saturated carbocycles. The van der Waals surface area contributed by atoms with E-state index < -0.39 is 30.1 Å². The van der Waals surface area contributed by atoms with Gasteiger partial charge in [0, 0.05) is 12.0 Å². The van der Waals surface area contributed by atoms with E-state index in [1.165, 1.54) is 0 Å². The molecule has 0 fully saturated rings. The van der Waals surface area contributed by atoms with Crippen LogP contribution in [0.3, 0.4) is 0 Å². The van der Waals surface area contributed by atoms with Crippen molar-refractivity contribution in [2.45, 2.75) is 31.9 Å². The average molecular weight is 547 g/mol. The van der Waals surface area contributed by atoms with Gasteiger partial charge in [-0.1, -0.05) is 0 Å². The largest absolute Gasteiger partial charge is 0.550 e. The summed E-state index contributed by atoms with van der Waals surface area (Å²) in [6.45, 7) is 4.48. The molecule has 1 unspecified atom stereocenters. The number of aliphatic carboxylic acids is 3. The molecule has 0 amide bonds. The van der Waals surface area contributed by atoms with E-state index in [-0.39, 0.29) is 32.7 Å². The average Bonchev–Trinajstić information content (AvgIpc) is 2.65. The first kappa shape index (κ1) is 45.0. The van der Waals surface area contributed by atoms with Gasteiger partial charge < -0.3 is 69.3 Å². The van der Waals surface area contributed by atoms with E-state index >= 15 is 0 Å². The zero-order valence-electron chi connectivity index (χ0n) is 24.5. The number of carboxylic acids is 3. The van der Waals surface area contributed by atoms with Crippen LogP contribution < -0.4 is 21.1 Å². The lowest BCUT2D eigenvalue weighted by Gasteiger charge is -2.21. The molecule has 2 atom stereocenters. The summed E-state index contributed by atoms with van der Waals surface area (Å²) in [5.41, 5.74) is 4.91. The Morgan fingerprint density at radius 3 is 1.00 bits per heavy atom. The van der Waals surface area contributed by atoms with Crippen molar-refractivity contribution >= 4 is 17.9 Å². The number of aliphatic hydroxyl groups is 4. The Kier molecular flexibility index (Phi) is 29.7. The molecule has 14 nitrogen and oxygen atoms in total. The normalized spacial score (nSPS) is 12.4. The smallest absolute Gasteiger partial charge is 0.101 e. The Morgan fingerprint density at radius 2 is 0.919 bits per heavy atom. The molecule has 0 aliphatic rings. The highest BCUT2D eigenvalue weighted by Crippen LogP contribution is 1.90. The van der Waals surface area contributed by atoms with Crippen molar-refractivity contribution in [1.82, 2.24) is 0 Å². The van der Waals surface area contributed by atoms with E-state index in [0.29, 0.717) is 0 Å². The van der Waals surface area contributed by atoms with Crippen molar-refractivity contribution < 1.29 is 63.6 Å². The molecule has 0 rings (SSSR count). The zero-order chi connectivity index (χ0) is 31.0. The van der Waals surface area contributed by atoms with Gasteiger partial charge in [-0.25, -0.2) is 0 Å². The molecular formula is C23H54N4O10. The number of carbonyl (C=O) groups is 3. The van der Waals surface area contributed by atoms with Gasteiger partial charge in [-0.3, -0.25) is 0 Å². The van der Waals surface area contributed by atoms with Crippen LogP contribution in [0.4, 0.5) is 0 Å². The summed E-state index contributed by atoms with van der Waals surface area (Å²) in [4.78, 5) is 28.9. The maximum Gasteiger partial charge on any atom is 0.101 e. The summed E-state index contributed by atoms with van der Waals surface area (Å²) >= 11 is 0. The van der Waals surface area contributed by atoms with Crippen molar-refractivity contribution in [3.63, 3.8) is 0 Å². The number of hydrogen-bond donors (Lipinski definition) is 5. The fraction of sp³-hybridized carbons (Fsp3) is 0.870. The van der Waals surface area contributed by atoms with Gasteiger partial charge in [-0.2, -0.15) is 0 Å². The predicted octanol–water partition coefficient (Wildman–Crippen LogP) is -6.23. The second-order valence-electron chi connectivity index (χ2n) is 11.0. The highest BCUT2D eigenvalue weighted by molar-refractivity contribution is 5.72. The molecule has 0 spiro atoms. The molecule has 0 aliphatic heterocycles. The summed E-state index contributed by atoms with van der Waals surface area (Å²) < 4.78 is 2.53. The van der Waals surface area contributed by atoms with E-state index in [2.05, 4.69) is 63.4 Å². The lowest BCUT2D eigenvalue weighted by molar-refractivity contribution is -0.870. The summed E-state index contributed by atoms with van der Waals surface area (Å²) in [7, 11) is 18.5. The van der Waals surface area contributed by atoms with Crippen molar-refractivity contribution in [3.05, 3.63) is 0 Å².